The Hall–Kier alpha value is -1.91. The van der Waals surface area contributed by atoms with Gasteiger partial charge in [0.15, 0.2) is 0 Å². The largest absolute Gasteiger partial charge is 0.496 e. The third-order valence-electron chi connectivity index (χ3n) is 3.39. The second-order valence-corrected chi connectivity index (χ2v) is 5.15. The van der Waals surface area contributed by atoms with Gasteiger partial charge < -0.3 is 10.5 Å². The summed E-state index contributed by atoms with van der Waals surface area (Å²) in [5.41, 5.74) is 8.95. The van der Waals surface area contributed by atoms with Gasteiger partial charge in [-0.1, -0.05) is 18.2 Å². The SMILES string of the molecule is COc1ccc(CN)cc1CN(C)Cc1ccc(F)cc1. The van der Waals surface area contributed by atoms with Crippen LogP contribution in [0.4, 0.5) is 4.39 Å². The zero-order valence-corrected chi connectivity index (χ0v) is 12.5. The summed E-state index contributed by atoms with van der Waals surface area (Å²) in [6, 6.07) is 12.6. The van der Waals surface area contributed by atoms with Gasteiger partial charge in [-0.3, -0.25) is 4.90 Å². The molecule has 0 aliphatic heterocycles. The lowest BCUT2D eigenvalue weighted by Crippen LogP contribution is -2.18. The van der Waals surface area contributed by atoms with Crippen LogP contribution in [-0.4, -0.2) is 19.1 Å². The molecule has 0 saturated heterocycles. The Bertz CT molecular complexity index is 584. The number of halogens is 1. The predicted molar refractivity (Wildman–Crippen MR) is 82.5 cm³/mol. The molecular formula is C17H21FN2O. The molecule has 2 aromatic carbocycles. The van der Waals surface area contributed by atoms with Gasteiger partial charge in [0.05, 0.1) is 7.11 Å². The molecule has 2 N–H and O–H groups in total. The lowest BCUT2D eigenvalue weighted by molar-refractivity contribution is 0.310. The van der Waals surface area contributed by atoms with Gasteiger partial charge in [-0.15, -0.1) is 0 Å². The molecule has 0 unspecified atom stereocenters. The van der Waals surface area contributed by atoms with Gasteiger partial charge >= 0.3 is 0 Å². The van der Waals surface area contributed by atoms with E-state index in [-0.39, 0.29) is 5.82 Å². The number of nitrogens with zero attached hydrogens (tertiary/aromatic N) is 1. The maximum atomic E-state index is 12.9. The fourth-order valence-corrected chi connectivity index (χ4v) is 2.33. The second-order valence-electron chi connectivity index (χ2n) is 5.15. The van der Waals surface area contributed by atoms with E-state index in [4.69, 9.17) is 10.5 Å². The van der Waals surface area contributed by atoms with E-state index in [2.05, 4.69) is 11.0 Å². The standard InChI is InChI=1S/C17H21FN2O/c1-20(11-13-3-6-16(18)7-4-13)12-15-9-14(10-19)5-8-17(15)21-2/h3-9H,10-12,19H2,1-2H3. The van der Waals surface area contributed by atoms with Crippen LogP contribution in [0.5, 0.6) is 5.75 Å². The van der Waals surface area contributed by atoms with Crippen LogP contribution in [0.25, 0.3) is 0 Å². The van der Waals surface area contributed by atoms with E-state index in [0.29, 0.717) is 6.54 Å². The molecule has 21 heavy (non-hydrogen) atoms. The molecule has 2 aromatic rings. The van der Waals surface area contributed by atoms with Crippen LogP contribution in [0.15, 0.2) is 42.5 Å². The van der Waals surface area contributed by atoms with Crippen molar-refractivity contribution in [2.45, 2.75) is 19.6 Å². The first kappa shape index (κ1) is 15.5. The molecule has 0 saturated carbocycles. The number of ether oxygens (including phenoxy) is 1. The third-order valence-corrected chi connectivity index (χ3v) is 3.39. The Labute approximate surface area is 125 Å². The van der Waals surface area contributed by atoms with Crippen molar-refractivity contribution in [3.8, 4) is 5.75 Å². The molecule has 0 spiro atoms. The van der Waals surface area contributed by atoms with Gasteiger partial charge in [0.1, 0.15) is 11.6 Å². The van der Waals surface area contributed by atoms with E-state index in [9.17, 15) is 4.39 Å². The predicted octanol–water partition coefficient (Wildman–Crippen LogP) is 2.93. The zero-order chi connectivity index (χ0) is 15.2. The third kappa shape index (κ3) is 4.28. The summed E-state index contributed by atoms with van der Waals surface area (Å²) < 4.78 is 18.3. The van der Waals surface area contributed by atoms with Crippen molar-refractivity contribution in [3.05, 3.63) is 65.0 Å². The first-order valence-corrected chi connectivity index (χ1v) is 6.91. The van der Waals surface area contributed by atoms with E-state index >= 15 is 0 Å². The van der Waals surface area contributed by atoms with Crippen LogP contribution in [0.2, 0.25) is 0 Å². The van der Waals surface area contributed by atoms with Crippen LogP contribution >= 0.6 is 0 Å². The molecule has 0 bridgehead atoms. The summed E-state index contributed by atoms with van der Waals surface area (Å²) in [7, 11) is 3.69. The Morgan fingerprint density at radius 1 is 1.05 bits per heavy atom. The van der Waals surface area contributed by atoms with Gasteiger partial charge in [-0.2, -0.15) is 0 Å². The highest BCUT2D eigenvalue weighted by Gasteiger charge is 2.08. The number of methoxy groups -OCH3 is 1. The van der Waals surface area contributed by atoms with Crippen molar-refractivity contribution in [1.82, 2.24) is 4.90 Å². The summed E-state index contributed by atoms with van der Waals surface area (Å²) in [6.45, 7) is 2.00. The minimum Gasteiger partial charge on any atom is -0.496 e. The number of hydrogen-bond donors (Lipinski definition) is 1. The quantitative estimate of drug-likeness (QED) is 0.888. The summed E-state index contributed by atoms with van der Waals surface area (Å²) in [5, 5.41) is 0. The Balaban J connectivity index is 2.07. The van der Waals surface area contributed by atoms with Crippen molar-refractivity contribution in [1.29, 1.82) is 0 Å². The molecule has 0 aromatic heterocycles. The monoisotopic (exact) mass is 288 g/mol. The normalized spacial score (nSPS) is 10.9. The lowest BCUT2D eigenvalue weighted by atomic mass is 10.1. The highest BCUT2D eigenvalue weighted by molar-refractivity contribution is 5.37. The van der Waals surface area contributed by atoms with Crippen molar-refractivity contribution in [2.24, 2.45) is 5.73 Å². The van der Waals surface area contributed by atoms with Crippen molar-refractivity contribution >= 4 is 0 Å². The first-order valence-electron chi connectivity index (χ1n) is 6.91. The van der Waals surface area contributed by atoms with E-state index in [1.807, 2.05) is 19.2 Å². The van der Waals surface area contributed by atoms with E-state index < -0.39 is 0 Å². The summed E-state index contributed by atoms with van der Waals surface area (Å²) >= 11 is 0. The number of nitrogens with two attached hydrogens (primary N) is 1. The van der Waals surface area contributed by atoms with Crippen molar-refractivity contribution in [2.75, 3.05) is 14.2 Å². The van der Waals surface area contributed by atoms with Gasteiger partial charge in [0, 0.05) is 25.2 Å². The fraction of sp³-hybridized carbons (Fsp3) is 0.294. The van der Waals surface area contributed by atoms with Gasteiger partial charge in [0.25, 0.3) is 0 Å². The molecule has 3 nitrogen and oxygen atoms in total. The lowest BCUT2D eigenvalue weighted by Gasteiger charge is -2.19. The van der Waals surface area contributed by atoms with Crippen LogP contribution in [0.3, 0.4) is 0 Å². The van der Waals surface area contributed by atoms with Gasteiger partial charge in [-0.25, -0.2) is 4.39 Å². The van der Waals surface area contributed by atoms with Crippen LogP contribution in [0, 0.1) is 5.82 Å². The highest BCUT2D eigenvalue weighted by Crippen LogP contribution is 2.22. The summed E-state index contributed by atoms with van der Waals surface area (Å²) in [5.74, 6) is 0.650. The topological polar surface area (TPSA) is 38.5 Å². The van der Waals surface area contributed by atoms with Crippen molar-refractivity contribution < 1.29 is 9.13 Å². The van der Waals surface area contributed by atoms with Crippen LogP contribution < -0.4 is 10.5 Å². The average Bonchev–Trinajstić information content (AvgIpc) is 2.49. The Morgan fingerprint density at radius 2 is 1.71 bits per heavy atom. The molecule has 0 radical (unpaired) electrons. The summed E-state index contributed by atoms with van der Waals surface area (Å²) in [6.07, 6.45) is 0. The molecule has 0 aliphatic carbocycles. The second kappa shape index (κ2) is 7.20. The molecule has 0 aliphatic rings. The number of benzene rings is 2. The molecule has 0 atom stereocenters. The van der Waals surface area contributed by atoms with E-state index in [1.165, 1.54) is 12.1 Å². The maximum absolute atomic E-state index is 12.9. The van der Waals surface area contributed by atoms with Crippen molar-refractivity contribution in [3.63, 3.8) is 0 Å². The number of hydrogen-bond acceptors (Lipinski definition) is 3. The van der Waals surface area contributed by atoms with Crippen LogP contribution in [0.1, 0.15) is 16.7 Å². The van der Waals surface area contributed by atoms with E-state index in [1.54, 1.807) is 19.2 Å². The Kier molecular flexibility index (Phi) is 5.31. The molecular weight excluding hydrogens is 267 g/mol. The molecule has 0 fully saturated rings. The molecule has 0 heterocycles. The van der Waals surface area contributed by atoms with E-state index in [0.717, 1.165) is 35.5 Å². The highest BCUT2D eigenvalue weighted by atomic mass is 19.1. The van der Waals surface area contributed by atoms with Gasteiger partial charge in [-0.05, 0) is 42.4 Å². The Morgan fingerprint density at radius 3 is 2.33 bits per heavy atom. The summed E-state index contributed by atoms with van der Waals surface area (Å²) in [4.78, 5) is 2.16. The van der Waals surface area contributed by atoms with Gasteiger partial charge in [0.2, 0.25) is 0 Å². The average molecular weight is 288 g/mol. The van der Waals surface area contributed by atoms with Crippen LogP contribution in [-0.2, 0) is 19.6 Å². The fourth-order valence-electron chi connectivity index (χ4n) is 2.33. The zero-order valence-electron chi connectivity index (χ0n) is 12.5. The first-order chi connectivity index (χ1) is 10.1. The smallest absolute Gasteiger partial charge is 0.123 e. The number of rotatable bonds is 6. The maximum Gasteiger partial charge on any atom is 0.123 e. The minimum atomic E-state index is -0.210. The molecule has 0 amide bonds. The molecule has 2 rings (SSSR count). The molecule has 112 valence electrons. The minimum absolute atomic E-state index is 0.210. The molecule has 4 heteroatoms.